The first kappa shape index (κ1) is 13.4. The number of ether oxygens (including phenoxy) is 2. The van der Waals surface area contributed by atoms with Crippen LogP contribution in [0.4, 0.5) is 0 Å². The Morgan fingerprint density at radius 3 is 2.50 bits per heavy atom. The maximum absolute atomic E-state index is 10.6. The van der Waals surface area contributed by atoms with E-state index in [9.17, 15) is 4.79 Å². The number of carbonyl (C=O) groups is 1. The number of rotatable bonds is 8. The zero-order valence-corrected chi connectivity index (χ0v) is 9.16. The quantitative estimate of drug-likeness (QED) is 0.609. The molecule has 0 saturated carbocycles. The fourth-order valence-electron chi connectivity index (χ4n) is 0.989. The van der Waals surface area contributed by atoms with Gasteiger partial charge in [-0.1, -0.05) is 13.8 Å². The van der Waals surface area contributed by atoms with Gasteiger partial charge in [0, 0.05) is 26.2 Å². The molecule has 1 atom stereocenters. The van der Waals surface area contributed by atoms with Crippen molar-refractivity contribution in [3.05, 3.63) is 0 Å². The second-order valence-corrected chi connectivity index (χ2v) is 3.54. The van der Waals surface area contributed by atoms with Crippen LogP contribution >= 0.6 is 0 Å². The Kier molecular flexibility index (Phi) is 7.42. The molecule has 0 aromatic carbocycles. The van der Waals surface area contributed by atoms with Crippen molar-refractivity contribution in [2.45, 2.75) is 33.3 Å². The SMILES string of the molecule is CCOC(CCOCC(C)C)C(=O)O. The molecular weight excluding hydrogens is 184 g/mol. The third-order valence-corrected chi connectivity index (χ3v) is 1.62. The van der Waals surface area contributed by atoms with Gasteiger partial charge in [-0.2, -0.15) is 0 Å². The highest BCUT2D eigenvalue weighted by molar-refractivity contribution is 5.72. The third kappa shape index (κ3) is 6.86. The van der Waals surface area contributed by atoms with Crippen LogP contribution in [0, 0.1) is 5.92 Å². The van der Waals surface area contributed by atoms with Crippen LogP contribution < -0.4 is 0 Å². The Morgan fingerprint density at radius 1 is 1.43 bits per heavy atom. The molecule has 0 amide bonds. The van der Waals surface area contributed by atoms with E-state index in [0.29, 0.717) is 32.2 Å². The Balaban J connectivity index is 3.56. The van der Waals surface area contributed by atoms with E-state index in [1.807, 2.05) is 0 Å². The predicted molar refractivity (Wildman–Crippen MR) is 53.3 cm³/mol. The lowest BCUT2D eigenvalue weighted by Crippen LogP contribution is -2.25. The van der Waals surface area contributed by atoms with Crippen molar-refractivity contribution in [2.24, 2.45) is 5.92 Å². The highest BCUT2D eigenvalue weighted by atomic mass is 16.5. The highest BCUT2D eigenvalue weighted by Crippen LogP contribution is 2.01. The van der Waals surface area contributed by atoms with Gasteiger partial charge < -0.3 is 14.6 Å². The third-order valence-electron chi connectivity index (χ3n) is 1.62. The summed E-state index contributed by atoms with van der Waals surface area (Å²) in [6.07, 6.45) is -0.317. The average Bonchev–Trinajstić information content (AvgIpc) is 2.09. The molecule has 84 valence electrons. The van der Waals surface area contributed by atoms with Crippen LogP contribution in [-0.2, 0) is 14.3 Å². The van der Waals surface area contributed by atoms with Crippen LogP contribution in [0.5, 0.6) is 0 Å². The van der Waals surface area contributed by atoms with Gasteiger partial charge in [0.25, 0.3) is 0 Å². The molecule has 0 radical (unpaired) electrons. The summed E-state index contributed by atoms with van der Waals surface area (Å²) in [6.45, 7) is 7.41. The van der Waals surface area contributed by atoms with E-state index in [-0.39, 0.29) is 0 Å². The van der Waals surface area contributed by atoms with Crippen molar-refractivity contribution in [2.75, 3.05) is 19.8 Å². The highest BCUT2D eigenvalue weighted by Gasteiger charge is 2.16. The summed E-state index contributed by atoms with van der Waals surface area (Å²) in [7, 11) is 0. The molecule has 4 nitrogen and oxygen atoms in total. The molecule has 0 saturated heterocycles. The first-order chi connectivity index (χ1) is 6.57. The molecule has 0 aliphatic rings. The smallest absolute Gasteiger partial charge is 0.332 e. The van der Waals surface area contributed by atoms with Gasteiger partial charge in [-0.25, -0.2) is 4.79 Å². The van der Waals surface area contributed by atoms with E-state index < -0.39 is 12.1 Å². The number of carboxylic acid groups (broad SMARTS) is 1. The van der Waals surface area contributed by atoms with Crippen molar-refractivity contribution in [3.8, 4) is 0 Å². The summed E-state index contributed by atoms with van der Waals surface area (Å²) in [5.41, 5.74) is 0. The zero-order valence-electron chi connectivity index (χ0n) is 9.16. The van der Waals surface area contributed by atoms with Crippen LogP contribution in [-0.4, -0.2) is 37.0 Å². The monoisotopic (exact) mass is 204 g/mol. The minimum atomic E-state index is -0.917. The summed E-state index contributed by atoms with van der Waals surface area (Å²) < 4.78 is 10.3. The van der Waals surface area contributed by atoms with Gasteiger partial charge >= 0.3 is 5.97 Å². The fourth-order valence-corrected chi connectivity index (χ4v) is 0.989. The molecule has 0 aromatic rings. The Labute approximate surface area is 85.2 Å². The Bertz CT molecular complexity index is 156. The van der Waals surface area contributed by atoms with Gasteiger partial charge in [0.2, 0.25) is 0 Å². The van der Waals surface area contributed by atoms with Crippen molar-refractivity contribution in [1.82, 2.24) is 0 Å². The van der Waals surface area contributed by atoms with Gasteiger partial charge in [0.05, 0.1) is 0 Å². The fraction of sp³-hybridized carbons (Fsp3) is 0.900. The minimum Gasteiger partial charge on any atom is -0.479 e. The maximum atomic E-state index is 10.6. The molecule has 0 aliphatic carbocycles. The van der Waals surface area contributed by atoms with Gasteiger partial charge in [-0.15, -0.1) is 0 Å². The van der Waals surface area contributed by atoms with E-state index in [2.05, 4.69) is 13.8 Å². The summed E-state index contributed by atoms with van der Waals surface area (Å²) in [6, 6.07) is 0. The lowest BCUT2D eigenvalue weighted by Gasteiger charge is -2.12. The Morgan fingerprint density at radius 2 is 2.07 bits per heavy atom. The molecule has 0 rings (SSSR count). The second-order valence-electron chi connectivity index (χ2n) is 3.54. The number of hydrogen-bond donors (Lipinski definition) is 1. The predicted octanol–water partition coefficient (Wildman–Crippen LogP) is 1.54. The van der Waals surface area contributed by atoms with Gasteiger partial charge in [-0.05, 0) is 12.8 Å². The molecule has 0 fully saturated rings. The molecule has 0 heterocycles. The maximum Gasteiger partial charge on any atom is 0.332 e. The molecule has 0 bridgehead atoms. The topological polar surface area (TPSA) is 55.8 Å². The minimum absolute atomic E-state index is 0.413. The van der Waals surface area contributed by atoms with Crippen molar-refractivity contribution in [1.29, 1.82) is 0 Å². The number of hydrogen-bond acceptors (Lipinski definition) is 3. The lowest BCUT2D eigenvalue weighted by molar-refractivity contribution is -0.151. The average molecular weight is 204 g/mol. The van der Waals surface area contributed by atoms with Crippen LogP contribution in [0.2, 0.25) is 0 Å². The normalized spacial score (nSPS) is 13.1. The van der Waals surface area contributed by atoms with Gasteiger partial charge in [0.15, 0.2) is 6.10 Å². The summed E-state index contributed by atoms with van der Waals surface area (Å²) in [4.78, 5) is 10.6. The van der Waals surface area contributed by atoms with Gasteiger partial charge in [-0.3, -0.25) is 0 Å². The summed E-state index contributed by atoms with van der Waals surface area (Å²) >= 11 is 0. The van der Waals surface area contributed by atoms with E-state index >= 15 is 0 Å². The molecule has 4 heteroatoms. The number of carboxylic acids is 1. The summed E-state index contributed by atoms with van der Waals surface area (Å²) in [5, 5.41) is 8.73. The van der Waals surface area contributed by atoms with E-state index in [0.717, 1.165) is 0 Å². The molecule has 14 heavy (non-hydrogen) atoms. The summed E-state index contributed by atoms with van der Waals surface area (Å²) in [5.74, 6) is -0.439. The number of aliphatic carboxylic acids is 1. The van der Waals surface area contributed by atoms with Crippen LogP contribution in [0.1, 0.15) is 27.2 Å². The molecular formula is C10H20O4. The second kappa shape index (κ2) is 7.76. The van der Waals surface area contributed by atoms with Crippen LogP contribution in [0.15, 0.2) is 0 Å². The van der Waals surface area contributed by atoms with E-state index in [1.54, 1.807) is 6.92 Å². The molecule has 0 aromatic heterocycles. The zero-order chi connectivity index (χ0) is 11.0. The standard InChI is InChI=1S/C10H20O4/c1-4-14-9(10(11)12)5-6-13-7-8(2)3/h8-9H,4-7H2,1-3H3,(H,11,12). The van der Waals surface area contributed by atoms with Gasteiger partial charge in [0.1, 0.15) is 0 Å². The van der Waals surface area contributed by atoms with Crippen molar-refractivity contribution >= 4 is 5.97 Å². The van der Waals surface area contributed by atoms with Crippen LogP contribution in [0.3, 0.4) is 0 Å². The largest absolute Gasteiger partial charge is 0.479 e. The first-order valence-electron chi connectivity index (χ1n) is 5.00. The molecule has 1 N–H and O–H groups in total. The van der Waals surface area contributed by atoms with Crippen molar-refractivity contribution < 1.29 is 19.4 Å². The van der Waals surface area contributed by atoms with Crippen LogP contribution in [0.25, 0.3) is 0 Å². The molecule has 0 spiro atoms. The lowest BCUT2D eigenvalue weighted by atomic mass is 10.2. The molecule has 0 aliphatic heterocycles. The Hall–Kier alpha value is -0.610. The molecule has 1 unspecified atom stereocenters. The van der Waals surface area contributed by atoms with E-state index in [1.165, 1.54) is 0 Å². The van der Waals surface area contributed by atoms with E-state index in [4.69, 9.17) is 14.6 Å². The first-order valence-corrected chi connectivity index (χ1v) is 5.00. The van der Waals surface area contributed by atoms with Crippen molar-refractivity contribution in [3.63, 3.8) is 0 Å².